The van der Waals surface area contributed by atoms with Crippen LogP contribution >= 0.6 is 34.3 Å². The minimum absolute atomic E-state index is 0.208. The fourth-order valence-corrected chi connectivity index (χ4v) is 5.96. The third kappa shape index (κ3) is 4.09. The quantitative estimate of drug-likeness (QED) is 0.726. The Hall–Kier alpha value is -1.51. The number of anilines is 2. The highest BCUT2D eigenvalue weighted by Gasteiger charge is 2.40. The zero-order valence-electron chi connectivity index (χ0n) is 16.3. The minimum atomic E-state index is -0.466. The van der Waals surface area contributed by atoms with Crippen LogP contribution in [0.2, 0.25) is 5.02 Å². The Balaban J connectivity index is 1.49. The first kappa shape index (κ1) is 19.8. The van der Waals surface area contributed by atoms with E-state index in [1.54, 1.807) is 11.3 Å². The van der Waals surface area contributed by atoms with E-state index in [0.717, 1.165) is 53.2 Å². The number of likely N-dealkylation sites (tertiary alicyclic amines) is 1. The highest BCUT2D eigenvalue weighted by atomic mass is 35.5. The largest absolute Gasteiger partial charge is 0.444 e. The van der Waals surface area contributed by atoms with Gasteiger partial charge in [0.2, 0.25) is 0 Å². The van der Waals surface area contributed by atoms with Gasteiger partial charge in [-0.05, 0) is 45.1 Å². The Morgan fingerprint density at radius 1 is 1.32 bits per heavy atom. The number of fused-ring (bicyclic) bond motifs is 1. The van der Waals surface area contributed by atoms with Crippen molar-refractivity contribution in [1.82, 2.24) is 9.88 Å². The van der Waals surface area contributed by atoms with Gasteiger partial charge in [0.25, 0.3) is 0 Å². The number of hydrogen-bond acceptors (Lipinski definition) is 7. The van der Waals surface area contributed by atoms with Gasteiger partial charge in [-0.2, -0.15) is 0 Å². The van der Waals surface area contributed by atoms with E-state index in [1.165, 1.54) is 11.3 Å². The van der Waals surface area contributed by atoms with E-state index in [0.29, 0.717) is 17.0 Å². The maximum Gasteiger partial charge on any atom is 0.410 e. The lowest BCUT2D eigenvalue weighted by Gasteiger charge is -2.35. The van der Waals surface area contributed by atoms with Gasteiger partial charge in [0.05, 0.1) is 9.90 Å². The number of ether oxygens (including phenoxy) is 1. The van der Waals surface area contributed by atoms with Crippen molar-refractivity contribution in [3.05, 3.63) is 16.5 Å². The van der Waals surface area contributed by atoms with Gasteiger partial charge >= 0.3 is 6.09 Å². The average molecular weight is 441 g/mol. The van der Waals surface area contributed by atoms with E-state index in [2.05, 4.69) is 9.88 Å². The smallest absolute Gasteiger partial charge is 0.410 e. The Kier molecular flexibility index (Phi) is 5.22. The van der Waals surface area contributed by atoms with Crippen molar-refractivity contribution < 1.29 is 9.53 Å². The Morgan fingerprint density at radius 2 is 2.07 bits per heavy atom. The maximum absolute atomic E-state index is 12.5. The predicted molar refractivity (Wildman–Crippen MR) is 116 cm³/mol. The highest BCUT2D eigenvalue weighted by molar-refractivity contribution is 7.20. The molecule has 6 nitrogen and oxygen atoms in total. The van der Waals surface area contributed by atoms with Gasteiger partial charge in [-0.1, -0.05) is 22.9 Å². The number of carbonyl (C=O) groups excluding carboxylic acids is 1. The number of piperidine rings is 1. The van der Waals surface area contributed by atoms with Gasteiger partial charge in [-0.3, -0.25) is 0 Å². The van der Waals surface area contributed by atoms with Crippen molar-refractivity contribution in [2.75, 3.05) is 36.8 Å². The molecule has 4 heterocycles. The molecule has 0 aromatic carbocycles. The van der Waals surface area contributed by atoms with Crippen molar-refractivity contribution in [3.8, 4) is 10.6 Å². The zero-order valence-corrected chi connectivity index (χ0v) is 18.7. The third-order valence-electron chi connectivity index (χ3n) is 5.17. The molecule has 152 valence electrons. The molecule has 2 aliphatic rings. The first-order valence-electron chi connectivity index (χ1n) is 9.43. The van der Waals surface area contributed by atoms with Crippen LogP contribution in [0.15, 0.2) is 11.4 Å². The van der Waals surface area contributed by atoms with Crippen molar-refractivity contribution in [3.63, 3.8) is 0 Å². The molecule has 28 heavy (non-hydrogen) atoms. The van der Waals surface area contributed by atoms with Crippen LogP contribution in [0.1, 0.15) is 27.2 Å². The standard InChI is InChI=1S/C19H25ClN4O2S2/c1-19(2,3)26-18(25)23-5-4-11-7-24(9-12(11)8-23)16-15(22-17(21)28-16)14-6-13(20)10-27-14/h6,10-12H,4-5,7-9H2,1-3H3,(H2,21,22). The molecule has 2 aromatic heterocycles. The van der Waals surface area contributed by atoms with Crippen molar-refractivity contribution in [1.29, 1.82) is 0 Å². The van der Waals surface area contributed by atoms with Gasteiger partial charge in [-0.25, -0.2) is 9.78 Å². The molecule has 0 saturated carbocycles. The molecule has 2 fully saturated rings. The number of hydrogen-bond donors (Lipinski definition) is 1. The van der Waals surface area contributed by atoms with Crippen LogP contribution in [0.5, 0.6) is 0 Å². The van der Waals surface area contributed by atoms with E-state index in [-0.39, 0.29) is 6.09 Å². The Bertz CT molecular complexity index is 876. The van der Waals surface area contributed by atoms with Crippen LogP contribution in [0.3, 0.4) is 0 Å². The van der Waals surface area contributed by atoms with E-state index in [4.69, 9.17) is 22.1 Å². The van der Waals surface area contributed by atoms with Crippen LogP contribution in [-0.2, 0) is 4.74 Å². The summed E-state index contributed by atoms with van der Waals surface area (Å²) in [4.78, 5) is 22.3. The number of nitrogens with zero attached hydrogens (tertiary/aromatic N) is 3. The van der Waals surface area contributed by atoms with Crippen molar-refractivity contribution in [2.24, 2.45) is 11.8 Å². The zero-order chi connectivity index (χ0) is 20.1. The summed E-state index contributed by atoms with van der Waals surface area (Å²) in [6.07, 6.45) is 0.787. The van der Waals surface area contributed by atoms with Crippen LogP contribution in [-0.4, -0.2) is 47.8 Å². The van der Waals surface area contributed by atoms with Gasteiger partial charge in [0.15, 0.2) is 5.13 Å². The number of carbonyl (C=O) groups is 1. The fourth-order valence-electron chi connectivity index (χ4n) is 3.97. The van der Waals surface area contributed by atoms with E-state index in [9.17, 15) is 4.79 Å². The second-order valence-electron chi connectivity index (χ2n) is 8.48. The summed E-state index contributed by atoms with van der Waals surface area (Å²) in [5.41, 5.74) is 6.49. The molecule has 9 heteroatoms. The summed E-state index contributed by atoms with van der Waals surface area (Å²) in [7, 11) is 0. The lowest BCUT2D eigenvalue weighted by Crippen LogP contribution is -2.45. The number of thiazole rings is 1. The number of rotatable bonds is 2. The molecule has 2 saturated heterocycles. The third-order valence-corrected chi connectivity index (χ3v) is 7.40. The summed E-state index contributed by atoms with van der Waals surface area (Å²) < 4.78 is 5.56. The highest BCUT2D eigenvalue weighted by Crippen LogP contribution is 2.44. The molecule has 2 N–H and O–H groups in total. The lowest BCUT2D eigenvalue weighted by molar-refractivity contribution is 0.0140. The van der Waals surface area contributed by atoms with Crippen LogP contribution in [0.25, 0.3) is 10.6 Å². The normalized spacial score (nSPS) is 22.4. The topological polar surface area (TPSA) is 71.7 Å². The first-order chi connectivity index (χ1) is 13.2. The molecule has 4 rings (SSSR count). The van der Waals surface area contributed by atoms with E-state index < -0.39 is 5.60 Å². The number of aromatic nitrogens is 1. The monoisotopic (exact) mass is 440 g/mol. The molecule has 0 aliphatic carbocycles. The Morgan fingerprint density at radius 3 is 2.75 bits per heavy atom. The predicted octanol–water partition coefficient (Wildman–Crippen LogP) is 4.80. The summed E-state index contributed by atoms with van der Waals surface area (Å²) >= 11 is 9.22. The van der Waals surface area contributed by atoms with Crippen LogP contribution in [0, 0.1) is 11.8 Å². The van der Waals surface area contributed by atoms with Gasteiger partial charge in [-0.15, -0.1) is 11.3 Å². The van der Waals surface area contributed by atoms with Gasteiger partial charge < -0.3 is 20.3 Å². The first-order valence-corrected chi connectivity index (χ1v) is 11.5. The number of amides is 1. The van der Waals surface area contributed by atoms with Crippen molar-refractivity contribution >= 4 is 50.5 Å². The second-order valence-corrected chi connectivity index (χ2v) is 10.8. The average Bonchev–Trinajstić information content (AvgIpc) is 3.29. The second kappa shape index (κ2) is 7.39. The molecular weight excluding hydrogens is 416 g/mol. The number of nitrogens with two attached hydrogens (primary N) is 1. The van der Waals surface area contributed by atoms with Gasteiger partial charge in [0.1, 0.15) is 16.3 Å². The van der Waals surface area contributed by atoms with E-state index >= 15 is 0 Å². The Labute approximate surface area is 178 Å². The molecule has 2 aliphatic heterocycles. The minimum Gasteiger partial charge on any atom is -0.444 e. The summed E-state index contributed by atoms with van der Waals surface area (Å²) in [5, 5.41) is 4.31. The number of thiophene rings is 1. The number of nitrogen functional groups attached to an aromatic ring is 1. The van der Waals surface area contributed by atoms with E-state index in [1.807, 2.05) is 37.1 Å². The molecule has 0 radical (unpaired) electrons. The molecule has 0 spiro atoms. The molecule has 2 unspecified atom stereocenters. The number of halogens is 1. The lowest BCUT2D eigenvalue weighted by atomic mass is 9.89. The molecule has 0 bridgehead atoms. The van der Waals surface area contributed by atoms with Crippen molar-refractivity contribution in [2.45, 2.75) is 32.8 Å². The SMILES string of the molecule is CC(C)(C)OC(=O)N1CCC2CN(c3sc(N)nc3-c3cc(Cl)cs3)CC2C1. The summed E-state index contributed by atoms with van der Waals surface area (Å²) in [5.74, 6) is 1.01. The van der Waals surface area contributed by atoms with Gasteiger partial charge in [0, 0.05) is 31.6 Å². The molecule has 2 atom stereocenters. The molecular formula is C19H25ClN4O2S2. The van der Waals surface area contributed by atoms with Crippen LogP contribution in [0.4, 0.5) is 14.9 Å². The molecule has 1 amide bonds. The maximum atomic E-state index is 12.5. The van der Waals surface area contributed by atoms with Crippen LogP contribution < -0.4 is 10.6 Å². The fraction of sp³-hybridized carbons (Fsp3) is 0.579. The summed E-state index contributed by atoms with van der Waals surface area (Å²) in [6.45, 7) is 9.08. The summed E-state index contributed by atoms with van der Waals surface area (Å²) in [6, 6.07) is 1.94. The molecule has 2 aromatic rings.